The largest absolute Gasteiger partial charge is 0.394 e. The molecule has 0 saturated carbocycles. The second-order valence-electron chi connectivity index (χ2n) is 8.52. The highest BCUT2D eigenvalue weighted by Crippen LogP contribution is 2.22. The number of aliphatic hydroxyl groups is 4. The van der Waals surface area contributed by atoms with Crippen molar-refractivity contribution < 1.29 is 29.9 Å². The van der Waals surface area contributed by atoms with Crippen LogP contribution in [0.1, 0.15) is 103 Å². The first-order valence-electron chi connectivity index (χ1n) is 12.0. The monoisotopic (exact) mass is 418 g/mol. The molecule has 0 spiro atoms. The van der Waals surface area contributed by atoms with Gasteiger partial charge in [-0.1, -0.05) is 96.8 Å². The van der Waals surface area contributed by atoms with Gasteiger partial charge in [0, 0.05) is 6.61 Å². The molecule has 1 rings (SSSR count). The Balaban J connectivity index is 1.88. The minimum atomic E-state index is -1.37. The van der Waals surface area contributed by atoms with E-state index in [1.165, 1.54) is 83.5 Å². The summed E-state index contributed by atoms with van der Waals surface area (Å²) < 4.78 is 10.8. The van der Waals surface area contributed by atoms with Crippen molar-refractivity contribution in [3.05, 3.63) is 0 Å². The number of hydrogen-bond donors (Lipinski definition) is 4. The zero-order valence-electron chi connectivity index (χ0n) is 18.5. The predicted octanol–water partition coefficient (Wildman–Crippen LogP) is 3.67. The molecule has 0 bridgehead atoms. The van der Waals surface area contributed by atoms with Gasteiger partial charge in [-0.05, 0) is 6.42 Å². The van der Waals surface area contributed by atoms with E-state index >= 15 is 0 Å². The van der Waals surface area contributed by atoms with E-state index in [0.717, 1.165) is 12.8 Å². The minimum absolute atomic E-state index is 0.427. The van der Waals surface area contributed by atoms with E-state index in [0.29, 0.717) is 6.61 Å². The number of hydrogen-bond acceptors (Lipinski definition) is 6. The summed E-state index contributed by atoms with van der Waals surface area (Å²) in [4.78, 5) is 0. The van der Waals surface area contributed by atoms with E-state index in [4.69, 9.17) is 14.6 Å². The van der Waals surface area contributed by atoms with Crippen LogP contribution in [-0.4, -0.2) is 64.3 Å². The molecule has 1 saturated heterocycles. The van der Waals surface area contributed by atoms with Crippen molar-refractivity contribution in [3.63, 3.8) is 0 Å². The Kier molecular flexibility index (Phi) is 16.1. The Morgan fingerprint density at radius 3 is 1.52 bits per heavy atom. The molecule has 6 heteroatoms. The Morgan fingerprint density at radius 1 is 0.621 bits per heavy atom. The molecule has 0 aliphatic carbocycles. The maximum Gasteiger partial charge on any atom is 0.186 e. The molecule has 1 heterocycles. The fraction of sp³-hybridized carbons (Fsp3) is 1.00. The van der Waals surface area contributed by atoms with Crippen LogP contribution in [0, 0.1) is 0 Å². The standard InChI is InChI=1S/C23H46O6/c1-2-3-4-5-6-7-8-9-10-11-12-13-14-15-16-17-28-23-22(27)21(26)20(25)19(18-24)29-23/h19-27H,2-18H2,1H3/t19-,20-,21+,22-,23+/m0/s1. The van der Waals surface area contributed by atoms with Crippen molar-refractivity contribution in [1.82, 2.24) is 0 Å². The maximum absolute atomic E-state index is 9.91. The van der Waals surface area contributed by atoms with E-state index < -0.39 is 37.3 Å². The lowest BCUT2D eigenvalue weighted by molar-refractivity contribution is -0.301. The van der Waals surface area contributed by atoms with E-state index in [2.05, 4.69) is 6.92 Å². The van der Waals surface area contributed by atoms with Crippen molar-refractivity contribution in [3.8, 4) is 0 Å². The van der Waals surface area contributed by atoms with Gasteiger partial charge < -0.3 is 29.9 Å². The van der Waals surface area contributed by atoms with Crippen LogP contribution in [0.4, 0.5) is 0 Å². The highest BCUT2D eigenvalue weighted by Gasteiger charge is 2.43. The molecule has 6 nitrogen and oxygen atoms in total. The summed E-state index contributed by atoms with van der Waals surface area (Å²) in [5.41, 5.74) is 0. The fourth-order valence-corrected chi connectivity index (χ4v) is 3.88. The van der Waals surface area contributed by atoms with Gasteiger partial charge in [-0.2, -0.15) is 0 Å². The Morgan fingerprint density at radius 2 is 1.07 bits per heavy atom. The summed E-state index contributed by atoms with van der Waals surface area (Å²) in [6, 6.07) is 0. The van der Waals surface area contributed by atoms with Crippen LogP contribution in [0.5, 0.6) is 0 Å². The molecule has 1 fully saturated rings. The summed E-state index contributed by atoms with van der Waals surface area (Å²) in [6.45, 7) is 2.27. The molecule has 0 aromatic carbocycles. The summed E-state index contributed by atoms with van der Waals surface area (Å²) in [5.74, 6) is 0. The van der Waals surface area contributed by atoms with Crippen LogP contribution < -0.4 is 0 Å². The molecule has 1 aliphatic heterocycles. The second-order valence-corrected chi connectivity index (χ2v) is 8.52. The molecule has 174 valence electrons. The first-order chi connectivity index (χ1) is 14.1. The fourth-order valence-electron chi connectivity index (χ4n) is 3.88. The van der Waals surface area contributed by atoms with Crippen molar-refractivity contribution in [2.45, 2.75) is 134 Å². The van der Waals surface area contributed by atoms with Gasteiger partial charge in [-0.15, -0.1) is 0 Å². The van der Waals surface area contributed by atoms with Crippen molar-refractivity contribution in [2.75, 3.05) is 13.2 Å². The van der Waals surface area contributed by atoms with Gasteiger partial charge >= 0.3 is 0 Å². The van der Waals surface area contributed by atoms with Crippen LogP contribution >= 0.6 is 0 Å². The predicted molar refractivity (Wildman–Crippen MR) is 115 cm³/mol. The zero-order valence-corrected chi connectivity index (χ0v) is 18.5. The quantitative estimate of drug-likeness (QED) is 0.254. The van der Waals surface area contributed by atoms with Crippen LogP contribution in [-0.2, 0) is 9.47 Å². The molecule has 0 radical (unpaired) electrons. The highest BCUT2D eigenvalue weighted by molar-refractivity contribution is 4.88. The van der Waals surface area contributed by atoms with E-state index in [9.17, 15) is 15.3 Å². The Bertz CT molecular complexity index is 365. The lowest BCUT2D eigenvalue weighted by Crippen LogP contribution is -2.59. The molecule has 0 aromatic heterocycles. The second kappa shape index (κ2) is 17.4. The summed E-state index contributed by atoms with van der Waals surface area (Å²) >= 11 is 0. The first-order valence-corrected chi connectivity index (χ1v) is 12.0. The molecule has 4 N–H and O–H groups in total. The summed E-state index contributed by atoms with van der Waals surface area (Å²) in [7, 11) is 0. The van der Waals surface area contributed by atoms with Crippen LogP contribution in [0.3, 0.4) is 0 Å². The van der Waals surface area contributed by atoms with Crippen LogP contribution in [0.25, 0.3) is 0 Å². The molecule has 29 heavy (non-hydrogen) atoms. The minimum Gasteiger partial charge on any atom is -0.394 e. The third-order valence-electron chi connectivity index (χ3n) is 5.88. The van der Waals surface area contributed by atoms with Crippen molar-refractivity contribution in [1.29, 1.82) is 0 Å². The van der Waals surface area contributed by atoms with Gasteiger partial charge in [-0.25, -0.2) is 0 Å². The molecule has 1 aliphatic rings. The molecule has 5 atom stereocenters. The van der Waals surface area contributed by atoms with Gasteiger partial charge in [0.05, 0.1) is 6.61 Å². The molecule has 0 aromatic rings. The molecule has 0 amide bonds. The normalized spacial score (nSPS) is 27.4. The number of unbranched alkanes of at least 4 members (excludes halogenated alkanes) is 14. The maximum atomic E-state index is 9.91. The lowest BCUT2D eigenvalue weighted by atomic mass is 9.99. The molecular formula is C23H46O6. The van der Waals surface area contributed by atoms with Gasteiger partial charge in [-0.3, -0.25) is 0 Å². The van der Waals surface area contributed by atoms with E-state index in [1.54, 1.807) is 0 Å². The smallest absolute Gasteiger partial charge is 0.186 e. The van der Waals surface area contributed by atoms with Crippen LogP contribution in [0.2, 0.25) is 0 Å². The summed E-state index contributed by atoms with van der Waals surface area (Å²) in [6.07, 6.45) is 13.5. The van der Waals surface area contributed by atoms with E-state index in [1.807, 2.05) is 0 Å². The molecule has 0 unspecified atom stereocenters. The van der Waals surface area contributed by atoms with Crippen molar-refractivity contribution >= 4 is 0 Å². The van der Waals surface area contributed by atoms with E-state index in [-0.39, 0.29) is 0 Å². The average Bonchev–Trinajstić information content (AvgIpc) is 2.73. The Labute approximate surface area is 177 Å². The van der Waals surface area contributed by atoms with Crippen molar-refractivity contribution in [2.24, 2.45) is 0 Å². The SMILES string of the molecule is CCCCCCCCCCCCCCCCCO[C@@H]1O[C@@H](CO)[C@H](O)[C@@H](O)[C@@H]1O. The third-order valence-corrected chi connectivity index (χ3v) is 5.88. The third kappa shape index (κ3) is 11.7. The number of rotatable bonds is 18. The van der Waals surface area contributed by atoms with Gasteiger partial charge in [0.1, 0.15) is 24.4 Å². The van der Waals surface area contributed by atoms with Gasteiger partial charge in [0.2, 0.25) is 0 Å². The number of ether oxygens (including phenoxy) is 2. The highest BCUT2D eigenvalue weighted by atomic mass is 16.7. The zero-order chi connectivity index (χ0) is 21.3. The average molecular weight is 419 g/mol. The summed E-state index contributed by atoms with van der Waals surface area (Å²) in [5, 5.41) is 38.5. The van der Waals surface area contributed by atoms with Crippen LogP contribution in [0.15, 0.2) is 0 Å². The van der Waals surface area contributed by atoms with Gasteiger partial charge in [0.25, 0.3) is 0 Å². The topological polar surface area (TPSA) is 99.4 Å². The van der Waals surface area contributed by atoms with Gasteiger partial charge in [0.15, 0.2) is 6.29 Å². The first kappa shape index (κ1) is 26.8. The number of aliphatic hydroxyl groups excluding tert-OH is 4. The molecular weight excluding hydrogens is 372 g/mol. The lowest BCUT2D eigenvalue weighted by Gasteiger charge is -2.39. The Hall–Kier alpha value is -0.240.